The Bertz CT molecular complexity index is 611. The minimum Gasteiger partial charge on any atom is -0.398 e. The van der Waals surface area contributed by atoms with Crippen LogP contribution in [0.3, 0.4) is 0 Å². The summed E-state index contributed by atoms with van der Waals surface area (Å²) in [6.45, 7) is 1.52. The van der Waals surface area contributed by atoms with E-state index in [0.29, 0.717) is 11.3 Å². The Morgan fingerprint density at radius 2 is 1.95 bits per heavy atom. The SMILES string of the molecule is CSc1ccccc1Nc1ccc(C(C)=O)c(N)c1. The maximum absolute atomic E-state index is 11.3. The van der Waals surface area contributed by atoms with Crippen LogP contribution in [0.5, 0.6) is 0 Å². The summed E-state index contributed by atoms with van der Waals surface area (Å²) in [5.41, 5.74) is 8.85. The molecule has 98 valence electrons. The van der Waals surface area contributed by atoms with E-state index in [1.165, 1.54) is 6.92 Å². The molecular formula is C15H16N2OS. The molecule has 4 heteroatoms. The maximum Gasteiger partial charge on any atom is 0.161 e. The Balaban J connectivity index is 2.29. The van der Waals surface area contributed by atoms with E-state index in [1.54, 1.807) is 23.9 Å². The number of nitrogens with two attached hydrogens (primary N) is 1. The lowest BCUT2D eigenvalue weighted by Crippen LogP contribution is -2.01. The van der Waals surface area contributed by atoms with Crippen LogP contribution >= 0.6 is 11.8 Å². The zero-order valence-electron chi connectivity index (χ0n) is 10.9. The van der Waals surface area contributed by atoms with Crippen molar-refractivity contribution in [2.45, 2.75) is 11.8 Å². The zero-order valence-corrected chi connectivity index (χ0v) is 11.8. The van der Waals surface area contributed by atoms with E-state index in [9.17, 15) is 4.79 Å². The number of rotatable bonds is 4. The third-order valence-electron chi connectivity index (χ3n) is 2.82. The minimum atomic E-state index is -0.0198. The molecule has 0 heterocycles. The lowest BCUT2D eigenvalue weighted by Gasteiger charge is -2.12. The van der Waals surface area contributed by atoms with Crippen molar-refractivity contribution in [2.24, 2.45) is 0 Å². The first kappa shape index (κ1) is 13.5. The van der Waals surface area contributed by atoms with Gasteiger partial charge < -0.3 is 11.1 Å². The van der Waals surface area contributed by atoms with Crippen LogP contribution in [-0.2, 0) is 0 Å². The Morgan fingerprint density at radius 3 is 2.58 bits per heavy atom. The highest BCUT2D eigenvalue weighted by Crippen LogP contribution is 2.29. The molecule has 0 aliphatic carbocycles. The first-order valence-corrected chi connectivity index (χ1v) is 7.15. The van der Waals surface area contributed by atoms with E-state index < -0.39 is 0 Å². The predicted octanol–water partition coefficient (Wildman–Crippen LogP) is 3.94. The van der Waals surface area contributed by atoms with E-state index in [-0.39, 0.29) is 5.78 Å². The van der Waals surface area contributed by atoms with E-state index in [2.05, 4.69) is 11.4 Å². The molecule has 3 N–H and O–H groups in total. The fourth-order valence-corrected chi connectivity index (χ4v) is 2.42. The average Bonchev–Trinajstić information content (AvgIpc) is 2.39. The van der Waals surface area contributed by atoms with Crippen LogP contribution in [0.25, 0.3) is 0 Å². The third-order valence-corrected chi connectivity index (χ3v) is 3.61. The molecule has 19 heavy (non-hydrogen) atoms. The number of thioether (sulfide) groups is 1. The van der Waals surface area contributed by atoms with Gasteiger partial charge in [-0.1, -0.05) is 12.1 Å². The van der Waals surface area contributed by atoms with E-state index in [4.69, 9.17) is 5.73 Å². The second kappa shape index (κ2) is 5.80. The van der Waals surface area contributed by atoms with Gasteiger partial charge in [-0.2, -0.15) is 0 Å². The van der Waals surface area contributed by atoms with Gasteiger partial charge >= 0.3 is 0 Å². The number of carbonyl (C=O) groups excluding carboxylic acids is 1. The average molecular weight is 272 g/mol. The summed E-state index contributed by atoms with van der Waals surface area (Å²) in [5, 5.41) is 3.32. The molecule has 0 unspecified atom stereocenters. The van der Waals surface area contributed by atoms with E-state index in [1.807, 2.05) is 30.5 Å². The van der Waals surface area contributed by atoms with Crippen LogP contribution in [-0.4, -0.2) is 12.0 Å². The van der Waals surface area contributed by atoms with E-state index in [0.717, 1.165) is 16.3 Å². The first-order valence-electron chi connectivity index (χ1n) is 5.92. The topological polar surface area (TPSA) is 55.1 Å². The maximum atomic E-state index is 11.3. The van der Waals surface area contributed by atoms with E-state index >= 15 is 0 Å². The highest BCUT2D eigenvalue weighted by Gasteiger charge is 2.06. The Kier molecular flexibility index (Phi) is 4.12. The van der Waals surface area contributed by atoms with Crippen LogP contribution < -0.4 is 11.1 Å². The monoisotopic (exact) mass is 272 g/mol. The van der Waals surface area contributed by atoms with Crippen molar-refractivity contribution in [3.8, 4) is 0 Å². The third kappa shape index (κ3) is 3.09. The molecule has 0 spiro atoms. The van der Waals surface area contributed by atoms with Crippen molar-refractivity contribution in [1.29, 1.82) is 0 Å². The number of carbonyl (C=O) groups is 1. The van der Waals surface area contributed by atoms with Crippen molar-refractivity contribution in [3.05, 3.63) is 48.0 Å². The van der Waals surface area contributed by atoms with Gasteiger partial charge in [0.05, 0.1) is 5.69 Å². The Morgan fingerprint density at radius 1 is 1.21 bits per heavy atom. The van der Waals surface area contributed by atoms with Crippen molar-refractivity contribution in [1.82, 2.24) is 0 Å². The van der Waals surface area contributed by atoms with Crippen molar-refractivity contribution in [3.63, 3.8) is 0 Å². The number of hydrogen-bond donors (Lipinski definition) is 2. The minimum absolute atomic E-state index is 0.0198. The first-order chi connectivity index (χ1) is 9.11. The molecule has 0 aliphatic heterocycles. The molecule has 0 aromatic heterocycles. The number of Topliss-reactive ketones (excluding diaryl/α,β-unsaturated/α-hetero) is 1. The van der Waals surface area contributed by atoms with Gasteiger partial charge in [0, 0.05) is 21.8 Å². The van der Waals surface area contributed by atoms with Gasteiger partial charge in [-0.3, -0.25) is 4.79 Å². The van der Waals surface area contributed by atoms with Crippen LogP contribution in [0.1, 0.15) is 17.3 Å². The lowest BCUT2D eigenvalue weighted by atomic mass is 10.1. The molecule has 0 atom stereocenters. The molecule has 0 bridgehead atoms. The summed E-state index contributed by atoms with van der Waals surface area (Å²) in [5.74, 6) is -0.0198. The van der Waals surface area contributed by atoms with Crippen LogP contribution in [0.15, 0.2) is 47.4 Å². The van der Waals surface area contributed by atoms with Gasteiger partial charge in [-0.05, 0) is 43.5 Å². The molecular weight excluding hydrogens is 256 g/mol. The summed E-state index contributed by atoms with van der Waals surface area (Å²) in [7, 11) is 0. The highest BCUT2D eigenvalue weighted by molar-refractivity contribution is 7.98. The van der Waals surface area contributed by atoms with Crippen molar-refractivity contribution in [2.75, 3.05) is 17.3 Å². The Hall–Kier alpha value is -1.94. The predicted molar refractivity (Wildman–Crippen MR) is 82.4 cm³/mol. The smallest absolute Gasteiger partial charge is 0.161 e. The Labute approximate surface area is 117 Å². The number of benzene rings is 2. The van der Waals surface area contributed by atoms with Gasteiger partial charge in [0.25, 0.3) is 0 Å². The number of hydrogen-bond acceptors (Lipinski definition) is 4. The number of para-hydroxylation sites is 1. The van der Waals surface area contributed by atoms with Gasteiger partial charge in [-0.15, -0.1) is 11.8 Å². The molecule has 0 fully saturated rings. The van der Waals surface area contributed by atoms with Crippen LogP contribution in [0.4, 0.5) is 17.1 Å². The summed E-state index contributed by atoms with van der Waals surface area (Å²) in [6, 6.07) is 13.5. The molecule has 0 amide bonds. The molecule has 0 saturated heterocycles. The largest absolute Gasteiger partial charge is 0.398 e. The number of nitrogens with one attached hydrogen (secondary N) is 1. The number of nitrogen functional groups attached to an aromatic ring is 1. The fraction of sp³-hybridized carbons (Fsp3) is 0.133. The molecule has 3 nitrogen and oxygen atoms in total. The molecule has 0 saturated carbocycles. The lowest BCUT2D eigenvalue weighted by molar-refractivity contribution is 0.101. The van der Waals surface area contributed by atoms with Crippen molar-refractivity contribution >= 4 is 34.6 Å². The standard InChI is InChI=1S/C15H16N2OS/c1-10(18)12-8-7-11(9-13(12)16)17-14-5-3-4-6-15(14)19-2/h3-9,17H,16H2,1-2H3. The normalized spacial score (nSPS) is 10.2. The summed E-state index contributed by atoms with van der Waals surface area (Å²) in [6.07, 6.45) is 2.04. The number of anilines is 3. The van der Waals surface area contributed by atoms with Crippen LogP contribution in [0.2, 0.25) is 0 Å². The fourth-order valence-electron chi connectivity index (χ4n) is 1.86. The van der Waals surface area contributed by atoms with Gasteiger partial charge in [0.15, 0.2) is 5.78 Å². The van der Waals surface area contributed by atoms with Crippen LogP contribution in [0, 0.1) is 0 Å². The quantitative estimate of drug-likeness (QED) is 0.503. The molecule has 0 aliphatic rings. The van der Waals surface area contributed by atoms with Gasteiger partial charge in [0.1, 0.15) is 0 Å². The van der Waals surface area contributed by atoms with Gasteiger partial charge in [0.2, 0.25) is 0 Å². The molecule has 2 rings (SSSR count). The summed E-state index contributed by atoms with van der Waals surface area (Å²) >= 11 is 1.68. The molecule has 0 radical (unpaired) electrons. The summed E-state index contributed by atoms with van der Waals surface area (Å²) < 4.78 is 0. The van der Waals surface area contributed by atoms with Gasteiger partial charge in [-0.25, -0.2) is 0 Å². The second-order valence-electron chi connectivity index (χ2n) is 4.18. The summed E-state index contributed by atoms with van der Waals surface area (Å²) in [4.78, 5) is 12.5. The highest BCUT2D eigenvalue weighted by atomic mass is 32.2. The second-order valence-corrected chi connectivity index (χ2v) is 5.03. The molecule has 2 aromatic carbocycles. The zero-order chi connectivity index (χ0) is 13.8. The number of ketones is 1. The van der Waals surface area contributed by atoms with Crippen molar-refractivity contribution < 1.29 is 4.79 Å². The molecule has 2 aromatic rings.